The van der Waals surface area contributed by atoms with Gasteiger partial charge >= 0.3 is 6.01 Å². The molecule has 0 aliphatic carbocycles. The molecule has 24 heavy (non-hydrogen) atoms. The predicted octanol–water partition coefficient (Wildman–Crippen LogP) is 3.65. The molecule has 0 aliphatic rings. The van der Waals surface area contributed by atoms with E-state index in [-0.39, 0.29) is 29.5 Å². The van der Waals surface area contributed by atoms with Crippen LogP contribution in [0.5, 0.6) is 6.01 Å². The number of benzene rings is 2. The molecule has 8 heteroatoms. The number of nitrogens with one attached hydrogen (secondary N) is 2. The molecule has 122 valence electrons. The molecule has 0 saturated heterocycles. The SMILES string of the molecule is COc1nc(Nc2ccc(F)cc2)nc(Nc2ccc(F)cc2)n1. The summed E-state index contributed by atoms with van der Waals surface area (Å²) in [5.41, 5.74) is 1.22. The van der Waals surface area contributed by atoms with Crippen LogP contribution in [-0.4, -0.2) is 22.1 Å². The van der Waals surface area contributed by atoms with Crippen LogP contribution < -0.4 is 15.4 Å². The molecule has 2 N–H and O–H groups in total. The quantitative estimate of drug-likeness (QED) is 0.744. The Morgan fingerprint density at radius 3 is 1.50 bits per heavy atom. The molecule has 0 aliphatic heterocycles. The van der Waals surface area contributed by atoms with Crippen molar-refractivity contribution in [2.45, 2.75) is 0 Å². The number of hydrogen-bond donors (Lipinski definition) is 2. The van der Waals surface area contributed by atoms with Gasteiger partial charge in [-0.3, -0.25) is 0 Å². The van der Waals surface area contributed by atoms with Crippen molar-refractivity contribution in [3.63, 3.8) is 0 Å². The Labute approximate surface area is 136 Å². The Morgan fingerprint density at radius 1 is 0.708 bits per heavy atom. The average Bonchev–Trinajstić information content (AvgIpc) is 2.59. The lowest BCUT2D eigenvalue weighted by molar-refractivity contribution is 0.380. The van der Waals surface area contributed by atoms with Gasteiger partial charge in [-0.1, -0.05) is 0 Å². The molecule has 0 fully saturated rings. The van der Waals surface area contributed by atoms with Gasteiger partial charge in [0.15, 0.2) is 0 Å². The van der Waals surface area contributed by atoms with E-state index in [1.165, 1.54) is 31.4 Å². The average molecular weight is 329 g/mol. The maximum absolute atomic E-state index is 13.0. The van der Waals surface area contributed by atoms with Crippen LogP contribution in [0.4, 0.5) is 32.1 Å². The number of nitrogens with zero attached hydrogens (tertiary/aromatic N) is 3. The van der Waals surface area contributed by atoms with Gasteiger partial charge in [-0.05, 0) is 48.5 Å². The molecule has 0 amide bonds. The molecule has 0 atom stereocenters. The molecule has 2 aromatic carbocycles. The molecule has 0 radical (unpaired) electrons. The first-order valence-electron chi connectivity index (χ1n) is 6.97. The molecule has 3 aromatic rings. The summed E-state index contributed by atoms with van der Waals surface area (Å²) in [5.74, 6) is -0.240. The number of anilines is 4. The number of aromatic nitrogens is 3. The van der Waals surface area contributed by atoms with Crippen LogP contribution in [0, 0.1) is 11.6 Å². The Balaban J connectivity index is 1.84. The Hall–Kier alpha value is -3.29. The number of rotatable bonds is 5. The third-order valence-electron chi connectivity index (χ3n) is 3.00. The topological polar surface area (TPSA) is 72.0 Å². The van der Waals surface area contributed by atoms with Crippen LogP contribution in [0.2, 0.25) is 0 Å². The lowest BCUT2D eigenvalue weighted by Gasteiger charge is -2.09. The fourth-order valence-corrected chi connectivity index (χ4v) is 1.88. The van der Waals surface area contributed by atoms with Gasteiger partial charge in [0, 0.05) is 11.4 Å². The largest absolute Gasteiger partial charge is 0.467 e. The summed E-state index contributed by atoms with van der Waals surface area (Å²) in [6, 6.07) is 11.6. The zero-order chi connectivity index (χ0) is 16.9. The van der Waals surface area contributed by atoms with E-state index in [1.54, 1.807) is 24.3 Å². The highest BCUT2D eigenvalue weighted by molar-refractivity contribution is 5.57. The zero-order valence-corrected chi connectivity index (χ0v) is 12.6. The van der Waals surface area contributed by atoms with E-state index in [4.69, 9.17) is 4.74 Å². The van der Waals surface area contributed by atoms with Crippen molar-refractivity contribution < 1.29 is 13.5 Å². The van der Waals surface area contributed by atoms with Crippen LogP contribution in [0.1, 0.15) is 0 Å². The third kappa shape index (κ3) is 3.92. The minimum absolute atomic E-state index is 0.0965. The van der Waals surface area contributed by atoms with E-state index in [1.807, 2.05) is 0 Å². The predicted molar refractivity (Wildman–Crippen MR) is 85.7 cm³/mol. The van der Waals surface area contributed by atoms with E-state index in [9.17, 15) is 8.78 Å². The van der Waals surface area contributed by atoms with E-state index >= 15 is 0 Å². The van der Waals surface area contributed by atoms with Gasteiger partial charge in [-0.25, -0.2) is 8.78 Å². The number of hydrogen-bond acceptors (Lipinski definition) is 6. The molecule has 1 heterocycles. The van der Waals surface area contributed by atoms with E-state index in [2.05, 4.69) is 25.6 Å². The van der Waals surface area contributed by atoms with E-state index in [0.29, 0.717) is 11.4 Å². The van der Waals surface area contributed by atoms with Gasteiger partial charge < -0.3 is 15.4 Å². The second kappa shape index (κ2) is 6.86. The fraction of sp³-hybridized carbons (Fsp3) is 0.0625. The van der Waals surface area contributed by atoms with Gasteiger partial charge in [-0.2, -0.15) is 15.0 Å². The second-order valence-electron chi connectivity index (χ2n) is 4.73. The highest BCUT2D eigenvalue weighted by Crippen LogP contribution is 2.19. The van der Waals surface area contributed by atoms with Crippen LogP contribution >= 0.6 is 0 Å². The van der Waals surface area contributed by atoms with Crippen molar-refractivity contribution in [2.75, 3.05) is 17.7 Å². The van der Waals surface area contributed by atoms with E-state index < -0.39 is 0 Å². The fourth-order valence-electron chi connectivity index (χ4n) is 1.88. The molecule has 0 unspecified atom stereocenters. The summed E-state index contributed by atoms with van der Waals surface area (Å²) in [5, 5.41) is 5.86. The van der Waals surface area contributed by atoms with Gasteiger partial charge in [0.05, 0.1) is 7.11 Å². The maximum Gasteiger partial charge on any atom is 0.322 e. The first-order chi connectivity index (χ1) is 11.6. The number of ether oxygens (including phenoxy) is 1. The zero-order valence-electron chi connectivity index (χ0n) is 12.6. The first kappa shape index (κ1) is 15.6. The van der Waals surface area contributed by atoms with Gasteiger partial charge in [0.1, 0.15) is 11.6 Å². The van der Waals surface area contributed by atoms with Gasteiger partial charge in [-0.15, -0.1) is 0 Å². The Morgan fingerprint density at radius 2 is 1.12 bits per heavy atom. The van der Waals surface area contributed by atoms with Gasteiger partial charge in [0.25, 0.3) is 0 Å². The summed E-state index contributed by atoms with van der Waals surface area (Å²) in [7, 11) is 1.43. The second-order valence-corrected chi connectivity index (χ2v) is 4.73. The van der Waals surface area contributed by atoms with Crippen molar-refractivity contribution in [3.05, 3.63) is 60.2 Å². The molecule has 0 bridgehead atoms. The Bertz CT molecular complexity index is 759. The molecule has 0 spiro atoms. The summed E-state index contributed by atoms with van der Waals surface area (Å²) < 4.78 is 31.0. The normalized spacial score (nSPS) is 10.3. The molecule has 0 saturated carbocycles. The summed E-state index contributed by atoms with van der Waals surface area (Å²) in [6.07, 6.45) is 0. The summed E-state index contributed by atoms with van der Waals surface area (Å²) in [4.78, 5) is 12.4. The molecule has 6 nitrogen and oxygen atoms in total. The maximum atomic E-state index is 13.0. The van der Waals surface area contributed by atoms with Crippen molar-refractivity contribution in [3.8, 4) is 6.01 Å². The lowest BCUT2D eigenvalue weighted by atomic mass is 10.3. The number of methoxy groups -OCH3 is 1. The standard InChI is InChI=1S/C16H13F2N5O/c1-24-16-22-14(19-12-6-2-10(17)3-7-12)21-15(23-16)20-13-8-4-11(18)5-9-13/h2-9H,1H3,(H2,19,20,21,22,23). The van der Waals surface area contributed by atoms with Crippen LogP contribution in [-0.2, 0) is 0 Å². The van der Waals surface area contributed by atoms with E-state index in [0.717, 1.165) is 0 Å². The Kier molecular flexibility index (Phi) is 4.46. The summed E-state index contributed by atoms with van der Waals surface area (Å²) >= 11 is 0. The molecular weight excluding hydrogens is 316 g/mol. The first-order valence-corrected chi connectivity index (χ1v) is 6.97. The van der Waals surface area contributed by atoms with Crippen molar-refractivity contribution in [1.82, 2.24) is 15.0 Å². The number of halogens is 2. The highest BCUT2D eigenvalue weighted by Gasteiger charge is 2.08. The van der Waals surface area contributed by atoms with Crippen LogP contribution in [0.25, 0.3) is 0 Å². The lowest BCUT2D eigenvalue weighted by Crippen LogP contribution is -2.05. The highest BCUT2D eigenvalue weighted by atomic mass is 19.1. The smallest absolute Gasteiger partial charge is 0.322 e. The molecular formula is C16H13F2N5O. The van der Waals surface area contributed by atoms with Crippen LogP contribution in [0.3, 0.4) is 0 Å². The van der Waals surface area contributed by atoms with Crippen LogP contribution in [0.15, 0.2) is 48.5 Å². The third-order valence-corrected chi connectivity index (χ3v) is 3.00. The molecule has 1 aromatic heterocycles. The van der Waals surface area contributed by atoms with Crippen molar-refractivity contribution >= 4 is 23.3 Å². The minimum Gasteiger partial charge on any atom is -0.467 e. The summed E-state index contributed by atoms with van der Waals surface area (Å²) in [6.45, 7) is 0. The minimum atomic E-state index is -0.340. The monoisotopic (exact) mass is 329 g/mol. The van der Waals surface area contributed by atoms with Crippen molar-refractivity contribution in [1.29, 1.82) is 0 Å². The molecule has 3 rings (SSSR count). The van der Waals surface area contributed by atoms with Gasteiger partial charge in [0.2, 0.25) is 11.9 Å². The van der Waals surface area contributed by atoms with Crippen molar-refractivity contribution in [2.24, 2.45) is 0 Å².